The van der Waals surface area contributed by atoms with Crippen molar-refractivity contribution in [3.8, 4) is 0 Å². The molecule has 27 heavy (non-hydrogen) atoms. The summed E-state index contributed by atoms with van der Waals surface area (Å²) in [5, 5.41) is 6.44. The summed E-state index contributed by atoms with van der Waals surface area (Å²) in [6.45, 7) is 1.80. The maximum atomic E-state index is 12.2. The smallest absolute Gasteiger partial charge is 0.251 e. The van der Waals surface area contributed by atoms with E-state index in [9.17, 15) is 9.59 Å². The van der Waals surface area contributed by atoms with E-state index in [1.54, 1.807) is 24.3 Å². The van der Waals surface area contributed by atoms with Crippen LogP contribution < -0.4 is 10.6 Å². The summed E-state index contributed by atoms with van der Waals surface area (Å²) in [6, 6.07) is 14.2. The summed E-state index contributed by atoms with van der Waals surface area (Å²) < 4.78 is 5.49. The summed E-state index contributed by atoms with van der Waals surface area (Å²) >= 11 is 5.95. The van der Waals surface area contributed by atoms with Crippen molar-refractivity contribution in [3.63, 3.8) is 0 Å². The molecule has 0 aromatic heterocycles. The highest BCUT2D eigenvalue weighted by Crippen LogP contribution is 2.12. The number of amides is 2. The Kier molecular flexibility index (Phi) is 6.85. The van der Waals surface area contributed by atoms with Crippen LogP contribution in [0.4, 0.5) is 0 Å². The molecule has 2 aromatic rings. The van der Waals surface area contributed by atoms with Crippen LogP contribution in [0.3, 0.4) is 0 Å². The molecule has 6 heteroatoms. The zero-order valence-corrected chi connectivity index (χ0v) is 15.8. The number of hydrogen-bond donors (Lipinski definition) is 2. The fraction of sp³-hybridized carbons (Fsp3) is 0.333. The first-order chi connectivity index (χ1) is 13.1. The number of halogens is 1. The molecule has 0 aliphatic carbocycles. The van der Waals surface area contributed by atoms with E-state index in [0.29, 0.717) is 35.7 Å². The fourth-order valence-electron chi connectivity index (χ4n) is 3.00. The number of rotatable bonds is 7. The molecule has 2 N–H and O–H groups in total. The predicted octanol–water partition coefficient (Wildman–Crippen LogP) is 3.22. The molecular weight excluding hydrogens is 364 g/mol. The Bertz CT molecular complexity index is 786. The van der Waals surface area contributed by atoms with E-state index in [-0.39, 0.29) is 17.9 Å². The van der Waals surface area contributed by atoms with Crippen molar-refractivity contribution in [1.29, 1.82) is 0 Å². The van der Waals surface area contributed by atoms with Gasteiger partial charge in [0.25, 0.3) is 11.8 Å². The van der Waals surface area contributed by atoms with Crippen LogP contribution in [0.2, 0.25) is 5.02 Å². The number of ether oxygens (including phenoxy) is 1. The molecule has 1 saturated heterocycles. The third-order valence-corrected chi connectivity index (χ3v) is 4.75. The van der Waals surface area contributed by atoms with Crippen LogP contribution >= 0.6 is 11.6 Å². The van der Waals surface area contributed by atoms with Crippen molar-refractivity contribution < 1.29 is 14.3 Å². The van der Waals surface area contributed by atoms with Crippen LogP contribution in [0.25, 0.3) is 0 Å². The minimum atomic E-state index is -0.164. The molecule has 1 unspecified atom stereocenters. The lowest BCUT2D eigenvalue weighted by atomic mass is 10.1. The summed E-state index contributed by atoms with van der Waals surface area (Å²) in [7, 11) is 0. The van der Waals surface area contributed by atoms with Gasteiger partial charge in [-0.05, 0) is 61.2 Å². The highest BCUT2D eigenvalue weighted by atomic mass is 35.5. The van der Waals surface area contributed by atoms with E-state index in [4.69, 9.17) is 16.3 Å². The topological polar surface area (TPSA) is 67.4 Å². The Labute approximate surface area is 164 Å². The predicted molar refractivity (Wildman–Crippen MR) is 105 cm³/mol. The summed E-state index contributed by atoms with van der Waals surface area (Å²) in [5.74, 6) is -0.318. The first kappa shape index (κ1) is 19.4. The summed E-state index contributed by atoms with van der Waals surface area (Å²) in [5.41, 5.74) is 2.13. The molecule has 1 fully saturated rings. The molecule has 5 nitrogen and oxygen atoms in total. The summed E-state index contributed by atoms with van der Waals surface area (Å²) in [4.78, 5) is 24.4. The third kappa shape index (κ3) is 5.81. The molecule has 0 radical (unpaired) electrons. The molecule has 2 amide bonds. The molecule has 1 atom stereocenters. The van der Waals surface area contributed by atoms with Gasteiger partial charge < -0.3 is 15.4 Å². The van der Waals surface area contributed by atoms with Gasteiger partial charge in [-0.15, -0.1) is 0 Å². The molecule has 1 aliphatic rings. The zero-order chi connectivity index (χ0) is 19.1. The number of carbonyl (C=O) groups is 2. The number of benzene rings is 2. The average Bonchev–Trinajstić information content (AvgIpc) is 3.20. The van der Waals surface area contributed by atoms with Gasteiger partial charge in [-0.3, -0.25) is 9.59 Å². The first-order valence-electron chi connectivity index (χ1n) is 9.14. The van der Waals surface area contributed by atoms with Crippen molar-refractivity contribution in [2.45, 2.75) is 25.4 Å². The first-order valence-corrected chi connectivity index (χ1v) is 9.52. The van der Waals surface area contributed by atoms with E-state index in [1.807, 2.05) is 24.3 Å². The number of nitrogens with one attached hydrogen (secondary N) is 2. The molecule has 0 bridgehead atoms. The van der Waals surface area contributed by atoms with Gasteiger partial charge in [0.1, 0.15) is 0 Å². The molecule has 1 heterocycles. The van der Waals surface area contributed by atoms with E-state index in [1.165, 1.54) is 0 Å². The molecule has 3 rings (SSSR count). The second kappa shape index (κ2) is 9.53. The molecule has 0 spiro atoms. The van der Waals surface area contributed by atoms with Gasteiger partial charge in [0.2, 0.25) is 0 Å². The highest BCUT2D eigenvalue weighted by molar-refractivity contribution is 6.30. The van der Waals surface area contributed by atoms with Gasteiger partial charge in [-0.2, -0.15) is 0 Å². The molecular formula is C21H23ClN2O3. The molecule has 2 aromatic carbocycles. The Morgan fingerprint density at radius 2 is 1.74 bits per heavy atom. The number of hydrogen-bond acceptors (Lipinski definition) is 3. The Morgan fingerprint density at radius 1 is 1.04 bits per heavy atom. The summed E-state index contributed by atoms with van der Waals surface area (Å²) in [6.07, 6.45) is 2.84. The minimum absolute atomic E-state index is 0.110. The van der Waals surface area contributed by atoms with Crippen molar-refractivity contribution in [3.05, 3.63) is 70.2 Å². The lowest BCUT2D eigenvalue weighted by molar-refractivity contribution is 0.0857. The molecule has 0 saturated carbocycles. The van der Waals surface area contributed by atoms with E-state index in [0.717, 1.165) is 25.0 Å². The normalized spacial score (nSPS) is 16.1. The quantitative estimate of drug-likeness (QED) is 0.767. The monoisotopic (exact) mass is 386 g/mol. The second-order valence-corrected chi connectivity index (χ2v) is 6.99. The molecule has 1 aliphatic heterocycles. The number of carbonyl (C=O) groups excluding carboxylic acids is 2. The van der Waals surface area contributed by atoms with Gasteiger partial charge in [-0.1, -0.05) is 23.7 Å². The van der Waals surface area contributed by atoms with Crippen molar-refractivity contribution >= 4 is 23.4 Å². The van der Waals surface area contributed by atoms with Crippen LogP contribution in [-0.2, 0) is 11.2 Å². The van der Waals surface area contributed by atoms with Gasteiger partial charge >= 0.3 is 0 Å². The van der Waals surface area contributed by atoms with Crippen LogP contribution in [0.1, 0.15) is 39.1 Å². The van der Waals surface area contributed by atoms with Gasteiger partial charge in [0.05, 0.1) is 6.10 Å². The lowest BCUT2D eigenvalue weighted by Gasteiger charge is -2.11. The van der Waals surface area contributed by atoms with Crippen molar-refractivity contribution in [2.24, 2.45) is 0 Å². The maximum Gasteiger partial charge on any atom is 0.251 e. The Morgan fingerprint density at radius 3 is 2.37 bits per heavy atom. The highest BCUT2D eigenvalue weighted by Gasteiger charge is 2.16. The largest absolute Gasteiger partial charge is 0.376 e. The van der Waals surface area contributed by atoms with Crippen LogP contribution in [-0.4, -0.2) is 37.6 Å². The van der Waals surface area contributed by atoms with Crippen LogP contribution in [0.15, 0.2) is 48.5 Å². The van der Waals surface area contributed by atoms with Gasteiger partial charge in [0, 0.05) is 35.8 Å². The Hall–Kier alpha value is -2.37. The third-order valence-electron chi connectivity index (χ3n) is 4.51. The van der Waals surface area contributed by atoms with Crippen LogP contribution in [0.5, 0.6) is 0 Å². The standard InChI is InChI=1S/C21H23ClN2O3/c22-18-4-1-3-15(13-18)10-11-23-20(25)16-6-8-17(9-7-16)21(26)24-14-19-5-2-12-27-19/h1,3-4,6-9,13,19H,2,5,10-12,14H2,(H,23,25)(H,24,26). The fourth-order valence-corrected chi connectivity index (χ4v) is 3.21. The van der Waals surface area contributed by atoms with E-state index in [2.05, 4.69) is 10.6 Å². The van der Waals surface area contributed by atoms with E-state index < -0.39 is 0 Å². The average molecular weight is 387 g/mol. The van der Waals surface area contributed by atoms with E-state index >= 15 is 0 Å². The van der Waals surface area contributed by atoms with Gasteiger partial charge in [0.15, 0.2) is 0 Å². The van der Waals surface area contributed by atoms with Gasteiger partial charge in [-0.25, -0.2) is 0 Å². The molecule has 142 valence electrons. The van der Waals surface area contributed by atoms with Crippen LogP contribution in [0, 0.1) is 0 Å². The SMILES string of the molecule is O=C(NCCc1cccc(Cl)c1)c1ccc(C(=O)NCC2CCCO2)cc1. The lowest BCUT2D eigenvalue weighted by Crippen LogP contribution is -2.31. The minimum Gasteiger partial charge on any atom is -0.376 e. The maximum absolute atomic E-state index is 12.2. The van der Waals surface area contributed by atoms with Crippen molar-refractivity contribution in [1.82, 2.24) is 10.6 Å². The Balaban J connectivity index is 1.45. The second-order valence-electron chi connectivity index (χ2n) is 6.56. The van der Waals surface area contributed by atoms with Crippen molar-refractivity contribution in [2.75, 3.05) is 19.7 Å². The zero-order valence-electron chi connectivity index (χ0n) is 15.0.